The first kappa shape index (κ1) is 13.1. The fourth-order valence-electron chi connectivity index (χ4n) is 4.43. The van der Waals surface area contributed by atoms with Crippen LogP contribution in [-0.2, 0) is 9.53 Å². The van der Waals surface area contributed by atoms with Gasteiger partial charge >= 0.3 is 5.97 Å². The number of carbonyl (C=O) groups is 1. The maximum atomic E-state index is 11.8. The molecule has 0 aliphatic heterocycles. The minimum atomic E-state index is -0.599. The average Bonchev–Trinajstić information content (AvgIpc) is 2.30. The van der Waals surface area contributed by atoms with Crippen LogP contribution in [0.2, 0.25) is 0 Å². The molecule has 3 aliphatic rings. The van der Waals surface area contributed by atoms with Crippen molar-refractivity contribution >= 4 is 5.97 Å². The van der Waals surface area contributed by atoms with Crippen LogP contribution >= 0.6 is 0 Å². The fourth-order valence-corrected chi connectivity index (χ4v) is 4.43. The predicted molar refractivity (Wildman–Crippen MR) is 69.2 cm³/mol. The lowest BCUT2D eigenvalue weighted by atomic mass is 9.53. The Balaban J connectivity index is 1.84. The molecule has 0 spiro atoms. The number of aliphatic hydroxyl groups is 2. The van der Waals surface area contributed by atoms with Gasteiger partial charge in [0.2, 0.25) is 0 Å². The van der Waals surface area contributed by atoms with Crippen molar-refractivity contribution in [3.05, 3.63) is 12.2 Å². The molecule has 0 aromatic carbocycles. The van der Waals surface area contributed by atoms with E-state index < -0.39 is 5.60 Å². The maximum Gasteiger partial charge on any atom is 0.333 e. The van der Waals surface area contributed by atoms with Crippen molar-refractivity contribution in [3.63, 3.8) is 0 Å². The van der Waals surface area contributed by atoms with Crippen LogP contribution in [0, 0.1) is 17.8 Å². The molecule has 2 N–H and O–H groups in total. The van der Waals surface area contributed by atoms with Crippen LogP contribution in [-0.4, -0.2) is 34.0 Å². The van der Waals surface area contributed by atoms with Gasteiger partial charge in [0.15, 0.2) is 0 Å². The third kappa shape index (κ3) is 2.11. The van der Waals surface area contributed by atoms with Crippen LogP contribution in [0.4, 0.5) is 0 Å². The van der Waals surface area contributed by atoms with E-state index in [0.29, 0.717) is 24.8 Å². The van der Waals surface area contributed by atoms with Crippen molar-refractivity contribution in [3.8, 4) is 0 Å². The SMILES string of the molecule is C=C(C)C(=O)OC1C2CC(O)C3CCC(O)(C2)CC31. The monoisotopic (exact) mass is 266 g/mol. The quantitative estimate of drug-likeness (QED) is 0.586. The summed E-state index contributed by atoms with van der Waals surface area (Å²) in [6.07, 6.45) is 3.06. The molecule has 3 aliphatic carbocycles. The molecule has 4 heteroatoms. The molecule has 0 radical (unpaired) electrons. The number of aliphatic hydroxyl groups excluding tert-OH is 1. The highest BCUT2D eigenvalue weighted by atomic mass is 16.5. The molecule has 0 aromatic heterocycles. The molecule has 4 nitrogen and oxygen atoms in total. The summed E-state index contributed by atoms with van der Waals surface area (Å²) in [6, 6.07) is 0. The van der Waals surface area contributed by atoms with Crippen LogP contribution < -0.4 is 0 Å². The molecule has 106 valence electrons. The molecular formula is C15H22O4. The largest absolute Gasteiger partial charge is 0.458 e. The number of ether oxygens (including phenoxy) is 1. The summed E-state index contributed by atoms with van der Waals surface area (Å²) in [5.41, 5.74) is -0.189. The molecule has 3 rings (SSSR count). The average molecular weight is 266 g/mol. The lowest BCUT2D eigenvalue weighted by Gasteiger charge is -2.57. The number of rotatable bonds is 2. The second-order valence-electron chi connectivity index (χ2n) is 6.71. The normalized spacial score (nSPS) is 47.8. The van der Waals surface area contributed by atoms with E-state index in [1.54, 1.807) is 6.92 Å². The summed E-state index contributed by atoms with van der Waals surface area (Å²) < 4.78 is 5.61. The van der Waals surface area contributed by atoms with Crippen molar-refractivity contribution in [2.75, 3.05) is 0 Å². The van der Waals surface area contributed by atoms with Crippen LogP contribution in [0.15, 0.2) is 12.2 Å². The lowest BCUT2D eigenvalue weighted by molar-refractivity contribution is -0.208. The Morgan fingerprint density at radius 3 is 2.79 bits per heavy atom. The van der Waals surface area contributed by atoms with E-state index in [4.69, 9.17) is 4.74 Å². The van der Waals surface area contributed by atoms with Crippen molar-refractivity contribution in [1.29, 1.82) is 0 Å². The Bertz CT molecular complexity index is 414. The van der Waals surface area contributed by atoms with Gasteiger partial charge in [0, 0.05) is 17.4 Å². The number of fused-ring (bicyclic) bond motifs is 2. The Kier molecular flexibility index (Phi) is 2.98. The van der Waals surface area contributed by atoms with E-state index >= 15 is 0 Å². The number of hydrogen-bond donors (Lipinski definition) is 2. The third-order valence-corrected chi connectivity index (χ3v) is 5.27. The summed E-state index contributed by atoms with van der Waals surface area (Å²) in [5, 5.41) is 20.7. The number of carbonyl (C=O) groups excluding carboxylic acids is 1. The van der Waals surface area contributed by atoms with Gasteiger partial charge < -0.3 is 14.9 Å². The van der Waals surface area contributed by atoms with Crippen molar-refractivity contribution in [2.45, 2.75) is 56.8 Å². The van der Waals surface area contributed by atoms with Gasteiger partial charge in [-0.05, 0) is 44.9 Å². The van der Waals surface area contributed by atoms with Crippen LogP contribution in [0.1, 0.15) is 39.0 Å². The molecular weight excluding hydrogens is 244 g/mol. The molecule has 0 amide bonds. The zero-order valence-electron chi connectivity index (χ0n) is 11.3. The molecule has 19 heavy (non-hydrogen) atoms. The first-order valence-corrected chi connectivity index (χ1v) is 7.16. The van der Waals surface area contributed by atoms with Gasteiger partial charge in [0.05, 0.1) is 11.7 Å². The summed E-state index contributed by atoms with van der Waals surface area (Å²) in [6.45, 7) is 5.27. The molecule has 0 heterocycles. The van der Waals surface area contributed by atoms with Gasteiger partial charge in [-0.15, -0.1) is 0 Å². The van der Waals surface area contributed by atoms with Crippen molar-refractivity contribution in [1.82, 2.24) is 0 Å². The lowest BCUT2D eigenvalue weighted by Crippen LogP contribution is -2.60. The molecule has 3 bridgehead atoms. The first-order valence-electron chi connectivity index (χ1n) is 7.16. The van der Waals surface area contributed by atoms with Crippen molar-refractivity contribution in [2.24, 2.45) is 17.8 Å². The van der Waals surface area contributed by atoms with E-state index in [1.807, 2.05) is 0 Å². The van der Waals surface area contributed by atoms with Crippen molar-refractivity contribution < 1.29 is 19.7 Å². The third-order valence-electron chi connectivity index (χ3n) is 5.27. The van der Waals surface area contributed by atoms with Gasteiger partial charge in [0.1, 0.15) is 6.10 Å². The molecule has 3 fully saturated rings. The van der Waals surface area contributed by atoms with Crippen LogP contribution in [0.3, 0.4) is 0 Å². The standard InChI is InChI=1S/C15H22O4/c1-8(2)14(17)19-13-9-5-12(16)10-3-4-15(18,6-9)7-11(10)13/h9-13,16,18H,1,3-7H2,2H3. The van der Waals surface area contributed by atoms with E-state index in [-0.39, 0.29) is 35.9 Å². The van der Waals surface area contributed by atoms with Crippen LogP contribution in [0.25, 0.3) is 0 Å². The Labute approximate surface area is 113 Å². The van der Waals surface area contributed by atoms with E-state index in [9.17, 15) is 15.0 Å². The molecule has 0 aromatic rings. The highest BCUT2D eigenvalue weighted by molar-refractivity contribution is 5.87. The Morgan fingerprint density at radius 1 is 1.37 bits per heavy atom. The van der Waals surface area contributed by atoms with Crippen LogP contribution in [0.5, 0.6) is 0 Å². The Hall–Kier alpha value is -0.870. The van der Waals surface area contributed by atoms with Gasteiger partial charge in [-0.3, -0.25) is 0 Å². The Morgan fingerprint density at radius 2 is 2.11 bits per heavy atom. The maximum absolute atomic E-state index is 11.8. The number of hydrogen-bond acceptors (Lipinski definition) is 4. The summed E-state index contributed by atoms with van der Waals surface area (Å²) in [4.78, 5) is 11.8. The van der Waals surface area contributed by atoms with Gasteiger partial charge in [-0.2, -0.15) is 0 Å². The molecule has 6 atom stereocenters. The summed E-state index contributed by atoms with van der Waals surface area (Å²) in [5.74, 6) is 0.00375. The first-order chi connectivity index (χ1) is 8.89. The van der Waals surface area contributed by atoms with E-state index in [2.05, 4.69) is 6.58 Å². The predicted octanol–water partition coefficient (Wildman–Crippen LogP) is 1.41. The smallest absolute Gasteiger partial charge is 0.333 e. The summed E-state index contributed by atoms with van der Waals surface area (Å²) >= 11 is 0. The number of esters is 1. The van der Waals surface area contributed by atoms with Gasteiger partial charge in [0.25, 0.3) is 0 Å². The second kappa shape index (κ2) is 4.32. The minimum Gasteiger partial charge on any atom is -0.458 e. The highest BCUT2D eigenvalue weighted by Gasteiger charge is 2.57. The zero-order valence-corrected chi connectivity index (χ0v) is 11.3. The fraction of sp³-hybridized carbons (Fsp3) is 0.800. The minimum absolute atomic E-state index is 0.0820. The van der Waals surface area contributed by atoms with E-state index in [0.717, 1.165) is 12.8 Å². The molecule has 6 unspecified atom stereocenters. The zero-order chi connectivity index (χ0) is 13.8. The van der Waals surface area contributed by atoms with Gasteiger partial charge in [-0.1, -0.05) is 6.58 Å². The highest BCUT2D eigenvalue weighted by Crippen LogP contribution is 2.55. The summed E-state index contributed by atoms with van der Waals surface area (Å²) in [7, 11) is 0. The topological polar surface area (TPSA) is 66.8 Å². The van der Waals surface area contributed by atoms with Gasteiger partial charge in [-0.25, -0.2) is 4.79 Å². The van der Waals surface area contributed by atoms with E-state index in [1.165, 1.54) is 0 Å². The molecule has 0 saturated heterocycles. The second-order valence-corrected chi connectivity index (χ2v) is 6.71. The molecule has 3 saturated carbocycles.